The summed E-state index contributed by atoms with van der Waals surface area (Å²) < 4.78 is 0. The van der Waals surface area contributed by atoms with E-state index in [0.717, 1.165) is 13.2 Å². The lowest BCUT2D eigenvalue weighted by atomic mass is 10.1. The number of hydrogen-bond acceptors (Lipinski definition) is 2. The van der Waals surface area contributed by atoms with Crippen LogP contribution in [-0.4, -0.2) is 25.2 Å². The van der Waals surface area contributed by atoms with Crippen molar-refractivity contribution in [1.29, 1.82) is 0 Å². The van der Waals surface area contributed by atoms with E-state index >= 15 is 0 Å². The molecule has 19 heavy (non-hydrogen) atoms. The summed E-state index contributed by atoms with van der Waals surface area (Å²) in [5.41, 5.74) is 4.03. The van der Waals surface area contributed by atoms with Gasteiger partial charge < -0.3 is 4.90 Å². The number of aryl methyl sites for hydroxylation is 1. The first-order valence-electron chi connectivity index (χ1n) is 6.81. The van der Waals surface area contributed by atoms with Gasteiger partial charge in [-0.3, -0.25) is 4.90 Å². The summed E-state index contributed by atoms with van der Waals surface area (Å²) >= 11 is 0. The van der Waals surface area contributed by atoms with Crippen molar-refractivity contribution in [1.82, 2.24) is 4.90 Å². The van der Waals surface area contributed by atoms with Crippen LogP contribution < -0.4 is 4.90 Å². The predicted octanol–water partition coefficient (Wildman–Crippen LogP) is 3.45. The van der Waals surface area contributed by atoms with Gasteiger partial charge in [0, 0.05) is 12.2 Å². The topological polar surface area (TPSA) is 6.48 Å². The van der Waals surface area contributed by atoms with Crippen LogP contribution in [0.15, 0.2) is 54.6 Å². The molecule has 0 saturated carbocycles. The lowest BCUT2D eigenvalue weighted by Crippen LogP contribution is -2.24. The van der Waals surface area contributed by atoms with Crippen LogP contribution in [0.25, 0.3) is 0 Å². The highest BCUT2D eigenvalue weighted by Crippen LogP contribution is 2.32. The fraction of sp³-hybridized carbons (Fsp3) is 0.294. The van der Waals surface area contributed by atoms with Crippen LogP contribution >= 0.6 is 0 Å². The minimum Gasteiger partial charge on any atom is -0.350 e. The molecule has 0 spiro atoms. The Balaban J connectivity index is 1.95. The molecule has 2 heteroatoms. The van der Waals surface area contributed by atoms with Crippen molar-refractivity contribution in [3.8, 4) is 0 Å². The Labute approximate surface area is 115 Å². The summed E-state index contributed by atoms with van der Waals surface area (Å²) in [6.45, 7) is 4.22. The highest BCUT2D eigenvalue weighted by molar-refractivity contribution is 5.51. The zero-order valence-electron chi connectivity index (χ0n) is 11.6. The Morgan fingerprint density at radius 1 is 1.00 bits per heavy atom. The first kappa shape index (κ1) is 12.2. The van der Waals surface area contributed by atoms with Gasteiger partial charge in [-0.25, -0.2) is 0 Å². The summed E-state index contributed by atoms with van der Waals surface area (Å²) in [6, 6.07) is 20.0. The molecule has 1 atom stereocenters. The van der Waals surface area contributed by atoms with Crippen molar-refractivity contribution in [2.75, 3.05) is 25.2 Å². The molecule has 0 N–H and O–H groups in total. The normalized spacial score (nSPS) is 19.9. The van der Waals surface area contributed by atoms with Gasteiger partial charge in [0.2, 0.25) is 0 Å². The van der Waals surface area contributed by atoms with Gasteiger partial charge in [-0.05, 0) is 37.2 Å². The van der Waals surface area contributed by atoms with E-state index in [0.29, 0.717) is 6.04 Å². The molecule has 0 radical (unpaired) electrons. The Morgan fingerprint density at radius 2 is 1.79 bits per heavy atom. The molecule has 0 bridgehead atoms. The Kier molecular flexibility index (Phi) is 3.26. The zero-order chi connectivity index (χ0) is 13.2. The average molecular weight is 252 g/mol. The van der Waals surface area contributed by atoms with Crippen LogP contribution in [0.5, 0.6) is 0 Å². The molecule has 2 nitrogen and oxygen atoms in total. The maximum Gasteiger partial charge on any atom is 0.0712 e. The second-order valence-electron chi connectivity index (χ2n) is 5.42. The van der Waals surface area contributed by atoms with Gasteiger partial charge in [0.05, 0.1) is 12.7 Å². The molecule has 0 amide bonds. The number of likely N-dealkylation sites (N-methyl/N-ethyl adjacent to an activating group) is 1. The number of benzene rings is 2. The largest absolute Gasteiger partial charge is 0.350 e. The second kappa shape index (κ2) is 5.06. The van der Waals surface area contributed by atoms with Gasteiger partial charge >= 0.3 is 0 Å². The third-order valence-electron chi connectivity index (χ3n) is 3.77. The van der Waals surface area contributed by atoms with Gasteiger partial charge in [-0.15, -0.1) is 0 Å². The number of rotatable bonds is 2. The molecule has 0 aromatic heterocycles. The third-order valence-corrected chi connectivity index (χ3v) is 3.77. The molecule has 1 fully saturated rings. The molecule has 1 aliphatic rings. The monoisotopic (exact) mass is 252 g/mol. The molecule has 0 aliphatic carbocycles. The molecular formula is C17H20N2. The molecule has 1 unspecified atom stereocenters. The maximum atomic E-state index is 2.49. The van der Waals surface area contributed by atoms with Crippen molar-refractivity contribution in [2.24, 2.45) is 0 Å². The lowest BCUT2D eigenvalue weighted by molar-refractivity contribution is 0.411. The summed E-state index contributed by atoms with van der Waals surface area (Å²) in [6.07, 6.45) is 0. The summed E-state index contributed by atoms with van der Waals surface area (Å²) in [5, 5.41) is 0. The van der Waals surface area contributed by atoms with Gasteiger partial charge in [-0.2, -0.15) is 0 Å². The first-order chi connectivity index (χ1) is 9.24. The van der Waals surface area contributed by atoms with E-state index in [1.165, 1.54) is 16.8 Å². The standard InChI is InChI=1S/C17H20N2/c1-14-7-6-10-16(11-14)19-13-18(2)12-17(19)15-8-4-3-5-9-15/h3-11,17H,12-13H2,1-2H3. The van der Waals surface area contributed by atoms with Crippen molar-refractivity contribution < 1.29 is 0 Å². The minimum absolute atomic E-state index is 0.452. The van der Waals surface area contributed by atoms with Gasteiger partial charge in [0.15, 0.2) is 0 Å². The number of hydrogen-bond donors (Lipinski definition) is 0. The van der Waals surface area contributed by atoms with E-state index < -0.39 is 0 Å². The van der Waals surface area contributed by atoms with E-state index in [4.69, 9.17) is 0 Å². The van der Waals surface area contributed by atoms with Crippen molar-refractivity contribution in [3.05, 3.63) is 65.7 Å². The van der Waals surface area contributed by atoms with Crippen molar-refractivity contribution >= 4 is 5.69 Å². The summed E-state index contributed by atoms with van der Waals surface area (Å²) in [7, 11) is 2.19. The Hall–Kier alpha value is -1.80. The zero-order valence-corrected chi connectivity index (χ0v) is 11.6. The molecule has 3 rings (SSSR count). The van der Waals surface area contributed by atoms with Crippen LogP contribution in [0.3, 0.4) is 0 Å². The molecule has 1 heterocycles. The van der Waals surface area contributed by atoms with Crippen molar-refractivity contribution in [3.63, 3.8) is 0 Å². The number of nitrogens with zero attached hydrogens (tertiary/aromatic N) is 2. The molecule has 2 aromatic rings. The van der Waals surface area contributed by atoms with E-state index in [9.17, 15) is 0 Å². The maximum absolute atomic E-state index is 2.49. The van der Waals surface area contributed by atoms with Crippen molar-refractivity contribution in [2.45, 2.75) is 13.0 Å². The smallest absolute Gasteiger partial charge is 0.0712 e. The van der Waals surface area contributed by atoms with Gasteiger partial charge in [0.25, 0.3) is 0 Å². The summed E-state index contributed by atoms with van der Waals surface area (Å²) in [4.78, 5) is 4.86. The molecule has 98 valence electrons. The fourth-order valence-corrected chi connectivity index (χ4v) is 2.84. The fourth-order valence-electron chi connectivity index (χ4n) is 2.84. The summed E-state index contributed by atoms with van der Waals surface area (Å²) in [5.74, 6) is 0. The van der Waals surface area contributed by atoms with Crippen LogP contribution in [0, 0.1) is 6.92 Å². The first-order valence-corrected chi connectivity index (χ1v) is 6.81. The van der Waals surface area contributed by atoms with Gasteiger partial charge in [-0.1, -0.05) is 42.5 Å². The Morgan fingerprint density at radius 3 is 2.53 bits per heavy atom. The van der Waals surface area contributed by atoms with E-state index in [2.05, 4.69) is 78.4 Å². The third kappa shape index (κ3) is 2.49. The van der Waals surface area contributed by atoms with Crippen LogP contribution in [0.2, 0.25) is 0 Å². The minimum atomic E-state index is 0.452. The van der Waals surface area contributed by atoms with E-state index in [1.807, 2.05) is 0 Å². The van der Waals surface area contributed by atoms with Crippen LogP contribution in [0.1, 0.15) is 17.2 Å². The molecular weight excluding hydrogens is 232 g/mol. The van der Waals surface area contributed by atoms with Gasteiger partial charge in [0.1, 0.15) is 0 Å². The van der Waals surface area contributed by atoms with Crippen LogP contribution in [-0.2, 0) is 0 Å². The quantitative estimate of drug-likeness (QED) is 0.807. The predicted molar refractivity (Wildman–Crippen MR) is 80.3 cm³/mol. The highest BCUT2D eigenvalue weighted by atomic mass is 15.4. The lowest BCUT2D eigenvalue weighted by Gasteiger charge is -2.26. The van der Waals surface area contributed by atoms with E-state index in [1.54, 1.807) is 0 Å². The molecule has 1 saturated heterocycles. The molecule has 1 aliphatic heterocycles. The SMILES string of the molecule is Cc1cccc(N2CN(C)CC2c2ccccc2)c1. The number of anilines is 1. The second-order valence-corrected chi connectivity index (χ2v) is 5.42. The van der Waals surface area contributed by atoms with Crippen LogP contribution in [0.4, 0.5) is 5.69 Å². The average Bonchev–Trinajstić information content (AvgIpc) is 2.82. The molecule has 2 aromatic carbocycles. The highest BCUT2D eigenvalue weighted by Gasteiger charge is 2.29. The van der Waals surface area contributed by atoms with E-state index in [-0.39, 0.29) is 0 Å². The Bertz CT molecular complexity index is 550.